The van der Waals surface area contributed by atoms with Gasteiger partial charge in [-0.1, -0.05) is 11.8 Å². The smallest absolute Gasteiger partial charge is 0.154 e. The fourth-order valence-corrected chi connectivity index (χ4v) is 2.72. The van der Waals surface area contributed by atoms with Crippen molar-refractivity contribution in [3.05, 3.63) is 40.9 Å². The van der Waals surface area contributed by atoms with Crippen molar-refractivity contribution < 1.29 is 13.9 Å². The van der Waals surface area contributed by atoms with Crippen LogP contribution in [0.2, 0.25) is 0 Å². The van der Waals surface area contributed by atoms with Gasteiger partial charge in [0.1, 0.15) is 11.6 Å². The first-order valence-corrected chi connectivity index (χ1v) is 6.06. The molecule has 0 fully saturated rings. The Balaban J connectivity index is 2.34. The summed E-state index contributed by atoms with van der Waals surface area (Å²) in [5.41, 5.74) is 0.221. The van der Waals surface area contributed by atoms with E-state index < -0.39 is 11.6 Å². The van der Waals surface area contributed by atoms with Crippen LogP contribution in [0.15, 0.2) is 32.9 Å². The van der Waals surface area contributed by atoms with Crippen molar-refractivity contribution in [3.8, 4) is 0 Å². The number of rotatable bonds is 3. The summed E-state index contributed by atoms with van der Waals surface area (Å²) in [6, 6.07) is 2.25. The highest BCUT2D eigenvalue weighted by molar-refractivity contribution is 8.01. The lowest BCUT2D eigenvalue weighted by Gasteiger charge is -2.04. The molecule has 0 bridgehead atoms. The van der Waals surface area contributed by atoms with Gasteiger partial charge >= 0.3 is 0 Å². The van der Waals surface area contributed by atoms with Crippen LogP contribution in [0.1, 0.15) is 5.56 Å². The average molecular weight is 259 g/mol. The van der Waals surface area contributed by atoms with E-state index in [2.05, 4.69) is 4.98 Å². The lowest BCUT2D eigenvalue weighted by atomic mass is 10.2. The third-order valence-electron chi connectivity index (χ3n) is 1.84. The topological polar surface area (TPSA) is 33.1 Å². The number of aromatic nitrogens is 1. The Morgan fingerprint density at radius 2 is 2.00 bits per heavy atom. The second-order valence-corrected chi connectivity index (χ2v) is 5.10. The van der Waals surface area contributed by atoms with Crippen LogP contribution in [0.25, 0.3) is 0 Å². The first-order valence-electron chi connectivity index (χ1n) is 4.37. The van der Waals surface area contributed by atoms with Gasteiger partial charge in [0.25, 0.3) is 0 Å². The molecule has 0 saturated heterocycles. The average Bonchev–Trinajstić information content (AvgIpc) is 2.75. The van der Waals surface area contributed by atoms with E-state index in [4.69, 9.17) is 5.11 Å². The zero-order valence-corrected chi connectivity index (χ0v) is 9.62. The van der Waals surface area contributed by atoms with Crippen molar-refractivity contribution >= 4 is 23.1 Å². The highest BCUT2D eigenvalue weighted by Crippen LogP contribution is 2.33. The van der Waals surface area contributed by atoms with Gasteiger partial charge in [-0.3, -0.25) is 0 Å². The fraction of sp³-hybridized carbons (Fsp3) is 0.100. The van der Waals surface area contributed by atoms with E-state index in [0.717, 1.165) is 23.9 Å². The highest BCUT2D eigenvalue weighted by Gasteiger charge is 2.13. The number of halogens is 2. The summed E-state index contributed by atoms with van der Waals surface area (Å²) in [4.78, 5) is 3.84. The van der Waals surface area contributed by atoms with E-state index in [1.807, 2.05) is 0 Å². The molecular weight excluding hydrogens is 252 g/mol. The molecule has 0 unspecified atom stereocenters. The lowest BCUT2D eigenvalue weighted by molar-refractivity contribution is 0.280. The SMILES string of the molecule is OCc1cc(F)c(Sc2nccs2)c(F)c1. The van der Waals surface area contributed by atoms with Crippen LogP contribution in [-0.4, -0.2) is 10.1 Å². The Kier molecular flexibility index (Phi) is 3.52. The first kappa shape index (κ1) is 11.5. The van der Waals surface area contributed by atoms with Crippen molar-refractivity contribution in [1.82, 2.24) is 4.98 Å². The van der Waals surface area contributed by atoms with Crippen molar-refractivity contribution in [2.24, 2.45) is 0 Å². The quantitative estimate of drug-likeness (QED) is 0.919. The third-order valence-corrected chi connectivity index (χ3v) is 3.82. The predicted molar refractivity (Wildman–Crippen MR) is 58.5 cm³/mol. The van der Waals surface area contributed by atoms with E-state index in [-0.39, 0.29) is 17.1 Å². The van der Waals surface area contributed by atoms with Crippen LogP contribution >= 0.6 is 23.1 Å². The molecule has 0 amide bonds. The summed E-state index contributed by atoms with van der Waals surface area (Å²) in [5, 5.41) is 10.5. The number of aliphatic hydroxyl groups is 1. The van der Waals surface area contributed by atoms with Crippen LogP contribution in [-0.2, 0) is 6.61 Å². The van der Waals surface area contributed by atoms with E-state index in [1.54, 1.807) is 11.6 Å². The second-order valence-electron chi connectivity index (χ2n) is 2.95. The number of thiazole rings is 1. The number of benzene rings is 1. The minimum absolute atomic E-state index is 0.0906. The van der Waals surface area contributed by atoms with Crippen LogP contribution in [0.5, 0.6) is 0 Å². The van der Waals surface area contributed by atoms with E-state index >= 15 is 0 Å². The standard InChI is InChI=1S/C10H7F2NOS2/c11-7-3-6(5-14)4-8(12)9(7)16-10-13-1-2-15-10/h1-4,14H,5H2. The summed E-state index contributed by atoms with van der Waals surface area (Å²) >= 11 is 2.26. The number of aliphatic hydroxyl groups excluding tert-OH is 1. The summed E-state index contributed by atoms with van der Waals surface area (Å²) in [7, 11) is 0. The summed E-state index contributed by atoms with van der Waals surface area (Å²) in [6.07, 6.45) is 1.57. The van der Waals surface area contributed by atoms with Gasteiger partial charge in [-0.25, -0.2) is 13.8 Å². The molecule has 1 aromatic carbocycles. The Morgan fingerprint density at radius 3 is 2.50 bits per heavy atom. The summed E-state index contributed by atoms with van der Waals surface area (Å²) < 4.78 is 27.6. The fourth-order valence-electron chi connectivity index (χ4n) is 1.15. The van der Waals surface area contributed by atoms with Crippen molar-refractivity contribution in [2.45, 2.75) is 15.8 Å². The molecule has 2 aromatic rings. The molecule has 16 heavy (non-hydrogen) atoms. The Labute approximate surface area is 99.0 Å². The molecule has 0 radical (unpaired) electrons. The predicted octanol–water partition coefficient (Wildman–Crippen LogP) is 3.06. The molecule has 0 aliphatic rings. The molecule has 0 saturated carbocycles. The molecule has 84 valence electrons. The number of nitrogens with zero attached hydrogens (tertiary/aromatic N) is 1. The molecule has 0 aliphatic carbocycles. The van der Waals surface area contributed by atoms with Gasteiger partial charge in [0, 0.05) is 11.6 Å². The number of hydrogen-bond donors (Lipinski definition) is 1. The molecule has 6 heteroatoms. The van der Waals surface area contributed by atoms with Crippen molar-refractivity contribution in [3.63, 3.8) is 0 Å². The molecule has 0 aliphatic heterocycles. The Hall–Kier alpha value is -0.980. The van der Waals surface area contributed by atoms with E-state index in [0.29, 0.717) is 4.34 Å². The highest BCUT2D eigenvalue weighted by atomic mass is 32.2. The minimum Gasteiger partial charge on any atom is -0.392 e. The maximum Gasteiger partial charge on any atom is 0.154 e. The third kappa shape index (κ3) is 2.40. The van der Waals surface area contributed by atoms with Gasteiger partial charge in [-0.15, -0.1) is 11.3 Å². The van der Waals surface area contributed by atoms with Crippen LogP contribution in [0, 0.1) is 11.6 Å². The van der Waals surface area contributed by atoms with Crippen molar-refractivity contribution in [2.75, 3.05) is 0 Å². The molecule has 1 N–H and O–H groups in total. The molecule has 0 spiro atoms. The Morgan fingerprint density at radius 1 is 1.31 bits per heavy atom. The minimum atomic E-state index is -0.677. The Bertz CT molecular complexity index is 465. The summed E-state index contributed by atoms with van der Waals surface area (Å²) in [6.45, 7) is -0.379. The first-order chi connectivity index (χ1) is 7.70. The monoisotopic (exact) mass is 259 g/mol. The molecule has 1 heterocycles. The molecule has 0 atom stereocenters. The largest absolute Gasteiger partial charge is 0.392 e. The van der Waals surface area contributed by atoms with Gasteiger partial charge in [0.15, 0.2) is 4.34 Å². The van der Waals surface area contributed by atoms with Gasteiger partial charge in [-0.2, -0.15) is 0 Å². The normalized spacial score (nSPS) is 10.7. The van der Waals surface area contributed by atoms with Crippen LogP contribution < -0.4 is 0 Å². The maximum absolute atomic E-state index is 13.5. The number of hydrogen-bond acceptors (Lipinski definition) is 4. The van der Waals surface area contributed by atoms with Gasteiger partial charge in [0.05, 0.1) is 11.5 Å². The van der Waals surface area contributed by atoms with Crippen molar-refractivity contribution in [1.29, 1.82) is 0 Å². The van der Waals surface area contributed by atoms with Crippen LogP contribution in [0.4, 0.5) is 8.78 Å². The maximum atomic E-state index is 13.5. The molecule has 2 rings (SSSR count). The van der Waals surface area contributed by atoms with E-state index in [9.17, 15) is 8.78 Å². The molecule has 2 nitrogen and oxygen atoms in total. The molecular formula is C10H7F2NOS2. The van der Waals surface area contributed by atoms with Gasteiger partial charge < -0.3 is 5.11 Å². The second kappa shape index (κ2) is 4.90. The summed E-state index contributed by atoms with van der Waals surface area (Å²) in [5.74, 6) is -1.35. The van der Waals surface area contributed by atoms with Crippen LogP contribution in [0.3, 0.4) is 0 Å². The zero-order valence-electron chi connectivity index (χ0n) is 7.98. The lowest BCUT2D eigenvalue weighted by Crippen LogP contribution is -1.92. The zero-order chi connectivity index (χ0) is 11.5. The molecule has 1 aromatic heterocycles. The van der Waals surface area contributed by atoms with E-state index in [1.165, 1.54) is 11.3 Å². The van der Waals surface area contributed by atoms with Gasteiger partial charge in [0.2, 0.25) is 0 Å². The van der Waals surface area contributed by atoms with Gasteiger partial charge in [-0.05, 0) is 17.7 Å².